The number of likely N-dealkylation sites (tertiary alicyclic amines) is 1. The van der Waals surface area contributed by atoms with E-state index < -0.39 is 17.9 Å². The Kier molecular flexibility index (Phi) is 5.36. The Hall–Kier alpha value is -2.37. The van der Waals surface area contributed by atoms with E-state index in [0.717, 1.165) is 5.56 Å². The zero-order valence-electron chi connectivity index (χ0n) is 13.4. The van der Waals surface area contributed by atoms with Gasteiger partial charge in [-0.3, -0.25) is 14.4 Å². The van der Waals surface area contributed by atoms with Gasteiger partial charge in [0.1, 0.15) is 0 Å². The molecule has 2 unspecified atom stereocenters. The fourth-order valence-corrected chi connectivity index (χ4v) is 2.81. The van der Waals surface area contributed by atoms with Gasteiger partial charge < -0.3 is 15.3 Å². The van der Waals surface area contributed by atoms with Crippen molar-refractivity contribution in [3.63, 3.8) is 0 Å². The molecule has 1 heterocycles. The van der Waals surface area contributed by atoms with E-state index in [-0.39, 0.29) is 30.7 Å². The summed E-state index contributed by atoms with van der Waals surface area (Å²) >= 11 is 0. The van der Waals surface area contributed by atoms with Crippen LogP contribution in [0.4, 0.5) is 0 Å². The van der Waals surface area contributed by atoms with Crippen molar-refractivity contribution in [2.45, 2.75) is 38.8 Å². The van der Waals surface area contributed by atoms with Crippen LogP contribution in [0.5, 0.6) is 0 Å². The van der Waals surface area contributed by atoms with Gasteiger partial charge in [-0.1, -0.05) is 30.3 Å². The minimum Gasteiger partial charge on any atom is -0.481 e. The molecule has 124 valence electrons. The summed E-state index contributed by atoms with van der Waals surface area (Å²) in [6.45, 7) is 4.21. The lowest BCUT2D eigenvalue weighted by Gasteiger charge is -2.22. The highest BCUT2D eigenvalue weighted by atomic mass is 16.4. The van der Waals surface area contributed by atoms with Crippen molar-refractivity contribution in [2.24, 2.45) is 5.92 Å². The largest absolute Gasteiger partial charge is 0.481 e. The molecule has 0 radical (unpaired) electrons. The minimum atomic E-state index is -0.981. The Morgan fingerprint density at radius 3 is 2.48 bits per heavy atom. The third-order valence-electron chi connectivity index (χ3n) is 4.05. The fourth-order valence-electron chi connectivity index (χ4n) is 2.81. The Balaban J connectivity index is 2.06. The highest BCUT2D eigenvalue weighted by Gasteiger charge is 2.36. The van der Waals surface area contributed by atoms with E-state index in [1.54, 1.807) is 29.2 Å². The highest BCUT2D eigenvalue weighted by Crippen LogP contribution is 2.23. The third kappa shape index (κ3) is 4.31. The summed E-state index contributed by atoms with van der Waals surface area (Å²) in [5.41, 5.74) is 0.744. The molecule has 0 aromatic heterocycles. The molecule has 2 rings (SSSR count). The Morgan fingerprint density at radius 1 is 1.30 bits per heavy atom. The summed E-state index contributed by atoms with van der Waals surface area (Å²) in [5, 5.41) is 11.9. The summed E-state index contributed by atoms with van der Waals surface area (Å²) < 4.78 is 0. The number of hydrogen-bond donors (Lipinski definition) is 2. The van der Waals surface area contributed by atoms with Gasteiger partial charge in [-0.25, -0.2) is 0 Å². The Bertz CT molecular complexity index is 586. The molecule has 2 amide bonds. The van der Waals surface area contributed by atoms with Crippen molar-refractivity contribution in [3.8, 4) is 0 Å². The molecule has 1 fully saturated rings. The molecule has 0 aliphatic carbocycles. The number of carboxylic acids is 1. The van der Waals surface area contributed by atoms with Crippen molar-refractivity contribution in [3.05, 3.63) is 35.9 Å². The summed E-state index contributed by atoms with van der Waals surface area (Å²) in [6, 6.07) is 8.47. The van der Waals surface area contributed by atoms with Gasteiger partial charge >= 0.3 is 5.97 Å². The molecule has 1 aromatic carbocycles. The number of carboxylic acid groups (broad SMARTS) is 1. The summed E-state index contributed by atoms with van der Waals surface area (Å²) in [4.78, 5) is 37.1. The molecule has 0 bridgehead atoms. The molecule has 1 aliphatic rings. The van der Waals surface area contributed by atoms with Gasteiger partial charge in [0, 0.05) is 19.0 Å². The molecular weight excluding hydrogens is 296 g/mol. The number of carbonyl (C=O) groups is 3. The summed E-state index contributed by atoms with van der Waals surface area (Å²) in [5.74, 6) is -1.71. The predicted octanol–water partition coefficient (Wildman–Crippen LogP) is 1.58. The number of aliphatic carboxylic acids is 1. The maximum atomic E-state index is 12.4. The van der Waals surface area contributed by atoms with Crippen LogP contribution in [0.3, 0.4) is 0 Å². The van der Waals surface area contributed by atoms with E-state index in [1.807, 2.05) is 19.9 Å². The first-order valence-electron chi connectivity index (χ1n) is 7.75. The zero-order chi connectivity index (χ0) is 17.0. The van der Waals surface area contributed by atoms with Crippen LogP contribution in [0.25, 0.3) is 0 Å². The summed E-state index contributed by atoms with van der Waals surface area (Å²) in [7, 11) is 0. The van der Waals surface area contributed by atoms with Gasteiger partial charge in [0.05, 0.1) is 18.4 Å². The molecule has 6 nitrogen and oxygen atoms in total. The van der Waals surface area contributed by atoms with Gasteiger partial charge in [0.15, 0.2) is 0 Å². The molecule has 0 saturated carbocycles. The zero-order valence-corrected chi connectivity index (χ0v) is 13.4. The number of nitrogens with one attached hydrogen (secondary N) is 1. The average Bonchev–Trinajstić information content (AvgIpc) is 2.89. The van der Waals surface area contributed by atoms with Crippen LogP contribution in [-0.4, -0.2) is 40.4 Å². The molecule has 1 saturated heterocycles. The standard InChI is InChI=1S/C17H22N2O4/c1-11(2)19-10-13(8-15(19)20)17(23)18-14(9-16(21)22)12-6-4-3-5-7-12/h3-7,11,13-14H,8-10H2,1-2H3,(H,18,23)(H,21,22). The van der Waals surface area contributed by atoms with E-state index in [4.69, 9.17) is 5.11 Å². The SMILES string of the molecule is CC(C)N1CC(C(=O)NC(CC(=O)O)c2ccccc2)CC1=O. The van der Waals surface area contributed by atoms with Crippen LogP contribution in [-0.2, 0) is 14.4 Å². The van der Waals surface area contributed by atoms with E-state index in [0.29, 0.717) is 6.54 Å². The minimum absolute atomic E-state index is 0.0327. The second kappa shape index (κ2) is 7.26. The van der Waals surface area contributed by atoms with Gasteiger partial charge in [-0.15, -0.1) is 0 Å². The number of carbonyl (C=O) groups excluding carboxylic acids is 2. The lowest BCUT2D eigenvalue weighted by molar-refractivity contribution is -0.138. The van der Waals surface area contributed by atoms with Gasteiger partial charge in [0.25, 0.3) is 0 Å². The van der Waals surface area contributed by atoms with Gasteiger partial charge in [0.2, 0.25) is 11.8 Å². The molecule has 1 aliphatic heterocycles. The Morgan fingerprint density at radius 2 is 1.96 bits per heavy atom. The van der Waals surface area contributed by atoms with Gasteiger partial charge in [-0.05, 0) is 19.4 Å². The third-order valence-corrected chi connectivity index (χ3v) is 4.05. The van der Waals surface area contributed by atoms with Crippen LogP contribution in [0.1, 0.15) is 38.3 Å². The number of amides is 2. The van der Waals surface area contributed by atoms with E-state index >= 15 is 0 Å². The van der Waals surface area contributed by atoms with Crippen LogP contribution in [0, 0.1) is 5.92 Å². The van der Waals surface area contributed by atoms with Crippen molar-refractivity contribution in [2.75, 3.05) is 6.54 Å². The van der Waals surface area contributed by atoms with E-state index in [1.165, 1.54) is 0 Å². The molecule has 6 heteroatoms. The Labute approximate surface area is 135 Å². The smallest absolute Gasteiger partial charge is 0.305 e. The van der Waals surface area contributed by atoms with Crippen molar-refractivity contribution in [1.82, 2.24) is 10.2 Å². The van der Waals surface area contributed by atoms with Gasteiger partial charge in [-0.2, -0.15) is 0 Å². The fraction of sp³-hybridized carbons (Fsp3) is 0.471. The van der Waals surface area contributed by atoms with Crippen LogP contribution >= 0.6 is 0 Å². The summed E-state index contributed by atoms with van der Waals surface area (Å²) in [6.07, 6.45) is -0.0110. The molecule has 2 N–H and O–H groups in total. The first-order valence-corrected chi connectivity index (χ1v) is 7.75. The quantitative estimate of drug-likeness (QED) is 0.833. The topological polar surface area (TPSA) is 86.7 Å². The number of benzene rings is 1. The normalized spacial score (nSPS) is 19.0. The maximum Gasteiger partial charge on any atom is 0.305 e. The van der Waals surface area contributed by atoms with E-state index in [9.17, 15) is 14.4 Å². The van der Waals surface area contributed by atoms with Crippen molar-refractivity contribution < 1.29 is 19.5 Å². The predicted molar refractivity (Wildman–Crippen MR) is 84.5 cm³/mol. The molecule has 2 atom stereocenters. The first-order chi connectivity index (χ1) is 10.9. The first kappa shape index (κ1) is 17.0. The molecular formula is C17H22N2O4. The van der Waals surface area contributed by atoms with Crippen molar-refractivity contribution in [1.29, 1.82) is 0 Å². The van der Waals surface area contributed by atoms with Crippen LogP contribution in [0.15, 0.2) is 30.3 Å². The molecule has 1 aromatic rings. The number of nitrogens with zero attached hydrogens (tertiary/aromatic N) is 1. The number of hydrogen-bond acceptors (Lipinski definition) is 3. The molecule has 0 spiro atoms. The van der Waals surface area contributed by atoms with Crippen molar-refractivity contribution >= 4 is 17.8 Å². The second-order valence-electron chi connectivity index (χ2n) is 6.11. The van der Waals surface area contributed by atoms with Crippen LogP contribution in [0.2, 0.25) is 0 Å². The highest BCUT2D eigenvalue weighted by molar-refractivity contribution is 5.89. The second-order valence-corrected chi connectivity index (χ2v) is 6.11. The lowest BCUT2D eigenvalue weighted by atomic mass is 10.0. The van der Waals surface area contributed by atoms with E-state index in [2.05, 4.69) is 5.32 Å². The lowest BCUT2D eigenvalue weighted by Crippen LogP contribution is -2.37. The number of rotatable bonds is 6. The monoisotopic (exact) mass is 318 g/mol. The molecule has 23 heavy (non-hydrogen) atoms. The average molecular weight is 318 g/mol. The maximum absolute atomic E-state index is 12.4. The van der Waals surface area contributed by atoms with Crippen LogP contribution < -0.4 is 5.32 Å².